The van der Waals surface area contributed by atoms with E-state index in [4.69, 9.17) is 0 Å². The minimum atomic E-state index is -3.53. The van der Waals surface area contributed by atoms with E-state index in [0.717, 1.165) is 5.56 Å². The number of hydrogen-bond acceptors (Lipinski definition) is 4. The van der Waals surface area contributed by atoms with Gasteiger partial charge in [-0.25, -0.2) is 4.72 Å². The molecule has 1 aromatic heterocycles. The lowest BCUT2D eigenvalue weighted by Crippen LogP contribution is -2.40. The summed E-state index contributed by atoms with van der Waals surface area (Å²) in [6, 6.07) is 11.5. The molecule has 7 heteroatoms. The number of nitrogens with zero attached hydrogens (tertiary/aromatic N) is 1. The molecule has 0 saturated heterocycles. The second-order valence-corrected chi connectivity index (χ2v) is 8.14. The van der Waals surface area contributed by atoms with Gasteiger partial charge >= 0.3 is 0 Å². The van der Waals surface area contributed by atoms with Crippen molar-refractivity contribution in [2.45, 2.75) is 19.5 Å². The van der Waals surface area contributed by atoms with E-state index >= 15 is 0 Å². The zero-order chi connectivity index (χ0) is 16.9. The van der Waals surface area contributed by atoms with Gasteiger partial charge in [-0.2, -0.15) is 13.1 Å². The van der Waals surface area contributed by atoms with Gasteiger partial charge in [0.25, 0.3) is 10.2 Å². The Labute approximate surface area is 142 Å². The fraction of sp³-hybridized carbons (Fsp3) is 0.375. The zero-order valence-corrected chi connectivity index (χ0v) is 15.2. The Morgan fingerprint density at radius 2 is 1.83 bits per heavy atom. The van der Waals surface area contributed by atoms with E-state index in [2.05, 4.69) is 15.5 Å². The Bertz CT molecular complexity index is 712. The third-order valence-electron chi connectivity index (χ3n) is 3.60. The summed E-state index contributed by atoms with van der Waals surface area (Å²) in [5.74, 6) is 0. The molecule has 0 bridgehead atoms. The van der Waals surface area contributed by atoms with Crippen LogP contribution in [0.1, 0.15) is 22.0 Å². The topological polar surface area (TPSA) is 61.4 Å². The molecule has 2 aromatic rings. The van der Waals surface area contributed by atoms with E-state index in [1.165, 1.54) is 10.4 Å². The van der Waals surface area contributed by atoms with Crippen LogP contribution in [-0.2, 0) is 16.8 Å². The molecule has 0 aliphatic carbocycles. The molecule has 0 aliphatic heterocycles. The number of thiophene rings is 1. The molecule has 0 saturated carbocycles. The SMILES string of the molecule is Cc1ccsc1[C@H](CNS(=O)(=O)NCc1ccccc1)N(C)C. The van der Waals surface area contributed by atoms with E-state index in [0.29, 0.717) is 6.54 Å². The van der Waals surface area contributed by atoms with Gasteiger partial charge < -0.3 is 4.90 Å². The Balaban J connectivity index is 1.95. The quantitative estimate of drug-likeness (QED) is 0.765. The summed E-state index contributed by atoms with van der Waals surface area (Å²) in [5, 5.41) is 2.03. The molecule has 2 N–H and O–H groups in total. The van der Waals surface area contributed by atoms with Gasteiger partial charge in [0.2, 0.25) is 0 Å². The van der Waals surface area contributed by atoms with Crippen molar-refractivity contribution in [3.8, 4) is 0 Å². The van der Waals surface area contributed by atoms with Gasteiger partial charge in [0.05, 0.1) is 6.04 Å². The van der Waals surface area contributed by atoms with Crippen LogP contribution < -0.4 is 9.44 Å². The number of rotatable bonds is 8. The predicted molar refractivity (Wildman–Crippen MR) is 95.7 cm³/mol. The first-order chi connectivity index (χ1) is 10.9. The Morgan fingerprint density at radius 3 is 2.39 bits per heavy atom. The maximum atomic E-state index is 12.1. The summed E-state index contributed by atoms with van der Waals surface area (Å²) >= 11 is 1.65. The second kappa shape index (κ2) is 8.03. The van der Waals surface area contributed by atoms with Gasteiger partial charge in [-0.1, -0.05) is 30.3 Å². The summed E-state index contributed by atoms with van der Waals surface area (Å²) in [6.45, 7) is 2.66. The molecule has 0 spiro atoms. The van der Waals surface area contributed by atoms with Crippen molar-refractivity contribution in [2.75, 3.05) is 20.6 Å². The molecular weight excluding hydrogens is 330 g/mol. The van der Waals surface area contributed by atoms with Crippen LogP contribution in [0.5, 0.6) is 0 Å². The lowest BCUT2D eigenvalue weighted by Gasteiger charge is -2.24. The molecule has 0 unspecified atom stereocenters. The number of hydrogen-bond donors (Lipinski definition) is 2. The number of nitrogens with one attached hydrogen (secondary N) is 2. The minimum absolute atomic E-state index is 0.0169. The third kappa shape index (κ3) is 5.40. The van der Waals surface area contributed by atoms with Crippen molar-refractivity contribution >= 4 is 21.5 Å². The number of aryl methyl sites for hydroxylation is 1. The molecule has 0 amide bonds. The highest BCUT2D eigenvalue weighted by atomic mass is 32.2. The molecule has 1 atom stereocenters. The Hall–Kier alpha value is -1.25. The first-order valence-corrected chi connectivity index (χ1v) is 9.74. The van der Waals surface area contributed by atoms with E-state index < -0.39 is 10.2 Å². The highest BCUT2D eigenvalue weighted by Gasteiger charge is 2.20. The molecule has 0 fully saturated rings. The predicted octanol–water partition coefficient (Wildman–Crippen LogP) is 2.28. The van der Waals surface area contributed by atoms with Crippen molar-refractivity contribution < 1.29 is 8.42 Å². The first kappa shape index (κ1) is 18.1. The van der Waals surface area contributed by atoms with Crippen LogP contribution >= 0.6 is 11.3 Å². The fourth-order valence-corrected chi connectivity index (χ4v) is 4.21. The van der Waals surface area contributed by atoms with E-state index in [1.54, 1.807) is 11.3 Å². The average Bonchev–Trinajstić information content (AvgIpc) is 2.92. The smallest absolute Gasteiger partial charge is 0.277 e. The van der Waals surface area contributed by atoms with Crippen LogP contribution in [0.3, 0.4) is 0 Å². The Kier molecular flexibility index (Phi) is 6.32. The summed E-state index contributed by atoms with van der Waals surface area (Å²) in [7, 11) is 0.373. The van der Waals surface area contributed by atoms with Crippen LogP contribution in [-0.4, -0.2) is 34.0 Å². The summed E-state index contributed by atoms with van der Waals surface area (Å²) < 4.78 is 29.5. The lowest BCUT2D eigenvalue weighted by molar-refractivity contribution is 0.302. The standard InChI is InChI=1S/C16H23N3O2S2/c1-13-9-10-22-16(13)15(19(2)3)12-18-23(20,21)17-11-14-7-5-4-6-8-14/h4-10,15,17-18H,11-12H2,1-3H3/t15-/m0/s1. The van der Waals surface area contributed by atoms with Gasteiger partial charge in [-0.3, -0.25) is 0 Å². The van der Waals surface area contributed by atoms with Gasteiger partial charge in [-0.15, -0.1) is 11.3 Å². The molecule has 23 heavy (non-hydrogen) atoms. The monoisotopic (exact) mass is 353 g/mol. The van der Waals surface area contributed by atoms with Gasteiger partial charge in [-0.05, 0) is 43.6 Å². The minimum Gasteiger partial charge on any atom is -0.300 e. The van der Waals surface area contributed by atoms with Crippen molar-refractivity contribution in [1.82, 2.24) is 14.3 Å². The molecule has 126 valence electrons. The fourth-order valence-electron chi connectivity index (χ4n) is 2.25. The summed E-state index contributed by atoms with van der Waals surface area (Å²) in [6.07, 6.45) is 0. The van der Waals surface area contributed by atoms with Gasteiger partial charge in [0.1, 0.15) is 0 Å². The van der Waals surface area contributed by atoms with Crippen molar-refractivity contribution in [3.05, 3.63) is 57.8 Å². The highest BCUT2D eigenvalue weighted by Crippen LogP contribution is 2.26. The van der Waals surface area contributed by atoms with E-state index in [9.17, 15) is 8.42 Å². The van der Waals surface area contributed by atoms with E-state index in [-0.39, 0.29) is 12.6 Å². The van der Waals surface area contributed by atoms with Crippen molar-refractivity contribution in [2.24, 2.45) is 0 Å². The molecule has 1 heterocycles. The molecule has 2 rings (SSSR count). The summed E-state index contributed by atoms with van der Waals surface area (Å²) in [4.78, 5) is 3.21. The molecule has 0 aliphatic rings. The second-order valence-electron chi connectivity index (χ2n) is 5.61. The largest absolute Gasteiger partial charge is 0.300 e. The maximum Gasteiger partial charge on any atom is 0.277 e. The highest BCUT2D eigenvalue weighted by molar-refractivity contribution is 7.87. The van der Waals surface area contributed by atoms with Gasteiger partial charge in [0, 0.05) is 18.0 Å². The van der Waals surface area contributed by atoms with Crippen LogP contribution in [0.4, 0.5) is 0 Å². The molecule has 5 nitrogen and oxygen atoms in total. The van der Waals surface area contributed by atoms with Crippen molar-refractivity contribution in [1.29, 1.82) is 0 Å². The van der Waals surface area contributed by atoms with Gasteiger partial charge in [0.15, 0.2) is 0 Å². The van der Waals surface area contributed by atoms with Crippen molar-refractivity contribution in [3.63, 3.8) is 0 Å². The zero-order valence-electron chi connectivity index (χ0n) is 13.6. The van der Waals surface area contributed by atoms with Crippen LogP contribution in [0.2, 0.25) is 0 Å². The lowest BCUT2D eigenvalue weighted by atomic mass is 10.1. The van der Waals surface area contributed by atoms with Crippen LogP contribution in [0.15, 0.2) is 41.8 Å². The average molecular weight is 354 g/mol. The Morgan fingerprint density at radius 1 is 1.13 bits per heavy atom. The molecule has 0 radical (unpaired) electrons. The molecular formula is C16H23N3O2S2. The third-order valence-corrected chi connectivity index (χ3v) is 5.79. The van der Waals surface area contributed by atoms with Crippen LogP contribution in [0, 0.1) is 6.92 Å². The summed E-state index contributed by atoms with van der Waals surface area (Å²) in [5.41, 5.74) is 2.11. The van der Waals surface area contributed by atoms with E-state index in [1.807, 2.05) is 61.6 Å². The normalized spacial score (nSPS) is 13.4. The number of benzene rings is 1. The van der Waals surface area contributed by atoms with Crippen LogP contribution in [0.25, 0.3) is 0 Å². The first-order valence-electron chi connectivity index (χ1n) is 7.37. The molecule has 1 aromatic carbocycles. The maximum absolute atomic E-state index is 12.1. The number of likely N-dealkylation sites (N-methyl/N-ethyl adjacent to an activating group) is 1.